The molecule has 1 aromatic carbocycles. The van der Waals surface area contributed by atoms with Crippen LogP contribution in [0.4, 0.5) is 5.69 Å². The molecule has 0 aliphatic carbocycles. The number of carbonyl (C=O) groups excluding carboxylic acids is 2. The van der Waals surface area contributed by atoms with Crippen molar-refractivity contribution in [1.82, 2.24) is 15.1 Å². The van der Waals surface area contributed by atoms with Gasteiger partial charge in [0.25, 0.3) is 0 Å². The van der Waals surface area contributed by atoms with Crippen LogP contribution in [-0.4, -0.2) is 72.5 Å². The zero-order valence-electron chi connectivity index (χ0n) is 16.9. The number of benzene rings is 1. The smallest absolute Gasteiger partial charge is 0.238 e. The average Bonchev–Trinajstić information content (AvgIpc) is 3.11. The predicted molar refractivity (Wildman–Crippen MR) is 110 cm³/mol. The summed E-state index contributed by atoms with van der Waals surface area (Å²) in [5.41, 5.74) is 0.405. The third-order valence-electron chi connectivity index (χ3n) is 5.07. The number of piperazine rings is 1. The number of hydrogen-bond donors (Lipinski definition) is 2. The van der Waals surface area contributed by atoms with Crippen LogP contribution in [0.25, 0.3) is 0 Å². The van der Waals surface area contributed by atoms with Crippen LogP contribution in [-0.2, 0) is 9.59 Å². The summed E-state index contributed by atoms with van der Waals surface area (Å²) in [6.45, 7) is 8.32. The lowest BCUT2D eigenvalue weighted by atomic mass is 10.1. The summed E-state index contributed by atoms with van der Waals surface area (Å²) in [7, 11) is 1.56. The molecule has 0 radical (unpaired) electrons. The lowest BCUT2D eigenvalue weighted by Gasteiger charge is -2.34. The second-order valence-electron chi connectivity index (χ2n) is 8.63. The maximum absolute atomic E-state index is 12.5. The number of nitrogens with zero attached hydrogens (tertiary/aromatic N) is 2. The average molecular weight is 409 g/mol. The van der Waals surface area contributed by atoms with Gasteiger partial charge in [-0.25, -0.2) is 0 Å². The van der Waals surface area contributed by atoms with Gasteiger partial charge in [-0.1, -0.05) is 11.6 Å². The molecule has 154 valence electrons. The summed E-state index contributed by atoms with van der Waals surface area (Å²) in [4.78, 5) is 29.1. The maximum Gasteiger partial charge on any atom is 0.238 e. The Labute approximate surface area is 171 Å². The molecule has 2 atom stereocenters. The third kappa shape index (κ3) is 5.37. The zero-order chi connectivity index (χ0) is 20.5. The van der Waals surface area contributed by atoms with E-state index in [0.29, 0.717) is 41.6 Å². The van der Waals surface area contributed by atoms with Crippen molar-refractivity contribution in [3.8, 4) is 5.75 Å². The molecule has 3 rings (SSSR count). The Balaban J connectivity index is 1.49. The van der Waals surface area contributed by atoms with E-state index in [-0.39, 0.29) is 17.4 Å². The number of fused-ring (bicyclic) bond motifs is 2. The quantitative estimate of drug-likeness (QED) is 0.752. The van der Waals surface area contributed by atoms with E-state index in [1.807, 2.05) is 20.8 Å². The second-order valence-corrected chi connectivity index (χ2v) is 9.06. The van der Waals surface area contributed by atoms with Crippen molar-refractivity contribution in [2.24, 2.45) is 0 Å². The number of hydrogen-bond acceptors (Lipinski definition) is 5. The topological polar surface area (TPSA) is 73.9 Å². The maximum atomic E-state index is 12.5. The number of carbonyl (C=O) groups is 2. The van der Waals surface area contributed by atoms with E-state index >= 15 is 0 Å². The van der Waals surface area contributed by atoms with E-state index in [2.05, 4.69) is 20.4 Å². The third-order valence-corrected chi connectivity index (χ3v) is 5.28. The van der Waals surface area contributed by atoms with E-state index in [9.17, 15) is 9.59 Å². The number of halogens is 1. The summed E-state index contributed by atoms with van der Waals surface area (Å²) in [5, 5.41) is 6.41. The SMILES string of the molecule is COc1cc(Cl)cc(NC(=O)CN2C[C@@H]3C[C@H]2CN3CC(=O)NC(C)(C)C)c1. The van der Waals surface area contributed by atoms with Crippen molar-refractivity contribution < 1.29 is 14.3 Å². The number of methoxy groups -OCH3 is 1. The normalized spacial score (nSPS) is 22.3. The molecule has 0 aromatic heterocycles. The van der Waals surface area contributed by atoms with Crippen LogP contribution in [0.3, 0.4) is 0 Å². The summed E-state index contributed by atoms with van der Waals surface area (Å²) < 4.78 is 5.18. The summed E-state index contributed by atoms with van der Waals surface area (Å²) in [5.74, 6) is 0.584. The van der Waals surface area contributed by atoms with Gasteiger partial charge in [0.1, 0.15) is 5.75 Å². The van der Waals surface area contributed by atoms with Crippen LogP contribution < -0.4 is 15.4 Å². The molecule has 8 heteroatoms. The molecule has 2 aliphatic rings. The molecule has 2 saturated heterocycles. The second kappa shape index (κ2) is 8.27. The van der Waals surface area contributed by atoms with Gasteiger partial charge in [0.05, 0.1) is 20.2 Å². The van der Waals surface area contributed by atoms with E-state index in [1.54, 1.807) is 25.3 Å². The highest BCUT2D eigenvalue weighted by Crippen LogP contribution is 2.30. The van der Waals surface area contributed by atoms with Crippen LogP contribution in [0.15, 0.2) is 18.2 Å². The predicted octanol–water partition coefficient (Wildman–Crippen LogP) is 1.96. The molecule has 0 saturated carbocycles. The van der Waals surface area contributed by atoms with E-state index < -0.39 is 0 Å². The fourth-order valence-corrected chi connectivity index (χ4v) is 4.22. The molecule has 2 fully saturated rings. The van der Waals surface area contributed by atoms with Crippen molar-refractivity contribution >= 4 is 29.1 Å². The monoisotopic (exact) mass is 408 g/mol. The molecule has 2 bridgehead atoms. The van der Waals surface area contributed by atoms with Gasteiger partial charge >= 0.3 is 0 Å². The molecule has 0 unspecified atom stereocenters. The largest absolute Gasteiger partial charge is 0.497 e. The minimum atomic E-state index is -0.219. The van der Waals surface area contributed by atoms with Gasteiger partial charge in [0, 0.05) is 47.5 Å². The molecule has 28 heavy (non-hydrogen) atoms. The van der Waals surface area contributed by atoms with Gasteiger partial charge < -0.3 is 15.4 Å². The molecular weight excluding hydrogens is 380 g/mol. The summed E-state index contributed by atoms with van der Waals surface area (Å²) in [6, 6.07) is 5.78. The molecule has 0 spiro atoms. The number of ether oxygens (including phenoxy) is 1. The van der Waals surface area contributed by atoms with Crippen LogP contribution in [0.1, 0.15) is 27.2 Å². The number of likely N-dealkylation sites (tertiary alicyclic amines) is 2. The molecule has 7 nitrogen and oxygen atoms in total. The van der Waals surface area contributed by atoms with Gasteiger partial charge in [0.15, 0.2) is 0 Å². The van der Waals surface area contributed by atoms with Crippen LogP contribution in [0.5, 0.6) is 5.75 Å². The lowest BCUT2D eigenvalue weighted by Crippen LogP contribution is -2.52. The first-order valence-electron chi connectivity index (χ1n) is 9.56. The Kier molecular flexibility index (Phi) is 6.17. The Bertz CT molecular complexity index is 749. The van der Waals surface area contributed by atoms with Crippen molar-refractivity contribution in [1.29, 1.82) is 0 Å². The fourth-order valence-electron chi connectivity index (χ4n) is 4.00. The van der Waals surface area contributed by atoms with Gasteiger partial charge in [-0.15, -0.1) is 0 Å². The molecule has 1 aromatic rings. The minimum absolute atomic E-state index is 0.0549. The highest BCUT2D eigenvalue weighted by molar-refractivity contribution is 6.31. The Hall–Kier alpha value is -1.83. The highest BCUT2D eigenvalue weighted by Gasteiger charge is 2.44. The van der Waals surface area contributed by atoms with Crippen LogP contribution >= 0.6 is 11.6 Å². The van der Waals surface area contributed by atoms with Crippen LogP contribution in [0.2, 0.25) is 5.02 Å². The number of anilines is 1. The van der Waals surface area contributed by atoms with Gasteiger partial charge in [-0.3, -0.25) is 19.4 Å². The molecule has 2 amide bonds. The van der Waals surface area contributed by atoms with Gasteiger partial charge in [-0.05, 0) is 39.3 Å². The first-order chi connectivity index (χ1) is 13.1. The van der Waals surface area contributed by atoms with Gasteiger partial charge in [-0.2, -0.15) is 0 Å². The van der Waals surface area contributed by atoms with E-state index in [1.165, 1.54) is 0 Å². The minimum Gasteiger partial charge on any atom is -0.497 e. The van der Waals surface area contributed by atoms with Crippen molar-refractivity contribution in [2.45, 2.75) is 44.8 Å². The standard InChI is InChI=1S/C20H29ClN4O3/c1-20(2,3)23-19(27)12-25-10-15-8-16(25)9-24(15)11-18(26)22-14-5-13(21)6-17(7-14)28-4/h5-7,15-16H,8-12H2,1-4H3,(H,22,26)(H,23,27)/t15-,16-/m0/s1. The molecule has 2 heterocycles. The van der Waals surface area contributed by atoms with Crippen molar-refractivity contribution in [3.05, 3.63) is 23.2 Å². The Morgan fingerprint density at radius 2 is 1.71 bits per heavy atom. The molecular formula is C20H29ClN4O3. The Morgan fingerprint density at radius 1 is 1.11 bits per heavy atom. The van der Waals surface area contributed by atoms with Crippen molar-refractivity contribution in [3.63, 3.8) is 0 Å². The first kappa shape index (κ1) is 20.9. The van der Waals surface area contributed by atoms with E-state index in [0.717, 1.165) is 19.5 Å². The lowest BCUT2D eigenvalue weighted by molar-refractivity contribution is -0.124. The number of amides is 2. The van der Waals surface area contributed by atoms with E-state index in [4.69, 9.17) is 16.3 Å². The summed E-state index contributed by atoms with van der Waals surface area (Å²) in [6.07, 6.45) is 1.00. The van der Waals surface area contributed by atoms with Gasteiger partial charge in [0.2, 0.25) is 11.8 Å². The van der Waals surface area contributed by atoms with Crippen molar-refractivity contribution in [2.75, 3.05) is 38.6 Å². The fraction of sp³-hybridized carbons (Fsp3) is 0.600. The van der Waals surface area contributed by atoms with Crippen LogP contribution in [0, 0.1) is 0 Å². The first-order valence-corrected chi connectivity index (χ1v) is 9.94. The summed E-state index contributed by atoms with van der Waals surface area (Å²) >= 11 is 6.05. The zero-order valence-corrected chi connectivity index (χ0v) is 17.7. The Morgan fingerprint density at radius 3 is 2.25 bits per heavy atom. The molecule has 2 N–H and O–H groups in total. The highest BCUT2D eigenvalue weighted by atomic mass is 35.5. The number of nitrogens with one attached hydrogen (secondary N) is 2. The number of rotatable bonds is 6. The molecule has 2 aliphatic heterocycles.